The molecule has 2 N–H and O–H groups in total. The topological polar surface area (TPSA) is 76.4 Å². The minimum atomic E-state index is -4.41. The van der Waals surface area contributed by atoms with Crippen molar-refractivity contribution in [2.75, 3.05) is 19.0 Å². The van der Waals surface area contributed by atoms with Crippen molar-refractivity contribution in [3.63, 3.8) is 0 Å². The number of rotatable bonds is 8. The van der Waals surface area contributed by atoms with E-state index in [1.807, 2.05) is 6.07 Å². The molecule has 1 unspecified atom stereocenters. The van der Waals surface area contributed by atoms with Crippen LogP contribution in [0.15, 0.2) is 42.7 Å². The second kappa shape index (κ2) is 8.31. The maximum absolute atomic E-state index is 13.4. The lowest BCUT2D eigenvalue weighted by molar-refractivity contribution is -0.152. The molecule has 1 aromatic carbocycles. The lowest BCUT2D eigenvalue weighted by atomic mass is 10.2. The SMILES string of the molecule is COCc1cc(NCC(NCc2ccccc2)C(F)(F)F)n2ncnc2n1. The average molecular weight is 380 g/mol. The van der Waals surface area contributed by atoms with Crippen molar-refractivity contribution in [2.45, 2.75) is 25.4 Å². The Kier molecular flexibility index (Phi) is 5.87. The van der Waals surface area contributed by atoms with Crippen molar-refractivity contribution in [1.82, 2.24) is 24.9 Å². The molecule has 0 bridgehead atoms. The molecule has 0 aliphatic carbocycles. The molecular weight excluding hydrogens is 361 g/mol. The van der Waals surface area contributed by atoms with Gasteiger partial charge in [-0.15, -0.1) is 0 Å². The highest BCUT2D eigenvalue weighted by Gasteiger charge is 2.39. The van der Waals surface area contributed by atoms with E-state index in [0.29, 0.717) is 11.5 Å². The van der Waals surface area contributed by atoms with Gasteiger partial charge in [0.1, 0.15) is 18.2 Å². The fraction of sp³-hybridized carbons (Fsp3) is 0.353. The lowest BCUT2D eigenvalue weighted by Crippen LogP contribution is -2.46. The summed E-state index contributed by atoms with van der Waals surface area (Å²) in [6, 6.07) is 8.78. The van der Waals surface area contributed by atoms with E-state index in [1.165, 1.54) is 18.0 Å². The number of nitrogens with zero attached hydrogens (tertiary/aromatic N) is 4. The summed E-state index contributed by atoms with van der Waals surface area (Å²) in [5, 5.41) is 9.34. The third-order valence-corrected chi connectivity index (χ3v) is 3.87. The van der Waals surface area contributed by atoms with Crippen molar-refractivity contribution in [3.05, 3.63) is 54.0 Å². The summed E-state index contributed by atoms with van der Waals surface area (Å²) in [7, 11) is 1.51. The molecule has 10 heteroatoms. The number of methoxy groups -OCH3 is 1. The van der Waals surface area contributed by atoms with Gasteiger partial charge in [-0.05, 0) is 5.56 Å². The number of hydrogen-bond acceptors (Lipinski definition) is 6. The van der Waals surface area contributed by atoms with Crippen molar-refractivity contribution < 1.29 is 17.9 Å². The Bertz CT molecular complexity index is 868. The second-order valence-corrected chi connectivity index (χ2v) is 5.88. The number of ether oxygens (including phenoxy) is 1. The molecule has 27 heavy (non-hydrogen) atoms. The van der Waals surface area contributed by atoms with Crippen molar-refractivity contribution in [1.29, 1.82) is 0 Å². The van der Waals surface area contributed by atoms with Crippen LogP contribution in [-0.2, 0) is 17.9 Å². The van der Waals surface area contributed by atoms with Gasteiger partial charge in [0, 0.05) is 26.3 Å². The Morgan fingerprint density at radius 3 is 2.70 bits per heavy atom. The summed E-state index contributed by atoms with van der Waals surface area (Å²) < 4.78 is 46.6. The van der Waals surface area contributed by atoms with Crippen LogP contribution < -0.4 is 10.6 Å². The number of benzene rings is 1. The van der Waals surface area contributed by atoms with Crippen LogP contribution in [0.5, 0.6) is 0 Å². The number of halogens is 3. The zero-order chi connectivity index (χ0) is 19.3. The van der Waals surface area contributed by atoms with Gasteiger partial charge >= 0.3 is 6.18 Å². The number of fused-ring (bicyclic) bond motifs is 1. The fourth-order valence-corrected chi connectivity index (χ4v) is 2.56. The van der Waals surface area contributed by atoms with Gasteiger partial charge < -0.3 is 15.4 Å². The Hall–Kier alpha value is -2.72. The molecule has 144 valence electrons. The van der Waals surface area contributed by atoms with Gasteiger partial charge in [-0.2, -0.15) is 27.8 Å². The minimum absolute atomic E-state index is 0.108. The van der Waals surface area contributed by atoms with Crippen LogP contribution in [0.25, 0.3) is 5.78 Å². The molecule has 0 saturated carbocycles. The zero-order valence-corrected chi connectivity index (χ0v) is 14.6. The van der Waals surface area contributed by atoms with Crippen molar-refractivity contribution >= 4 is 11.6 Å². The molecule has 1 atom stereocenters. The summed E-state index contributed by atoms with van der Waals surface area (Å²) in [4.78, 5) is 8.21. The number of anilines is 1. The highest BCUT2D eigenvalue weighted by molar-refractivity contribution is 5.45. The molecule has 7 nitrogen and oxygen atoms in total. The maximum atomic E-state index is 13.4. The van der Waals surface area contributed by atoms with Gasteiger partial charge in [0.15, 0.2) is 0 Å². The van der Waals surface area contributed by atoms with Crippen molar-refractivity contribution in [2.24, 2.45) is 0 Å². The van der Waals surface area contributed by atoms with Gasteiger partial charge in [-0.3, -0.25) is 0 Å². The van der Waals surface area contributed by atoms with Crippen LogP contribution >= 0.6 is 0 Å². The second-order valence-electron chi connectivity index (χ2n) is 5.88. The summed E-state index contributed by atoms with van der Waals surface area (Å²) in [5.41, 5.74) is 1.32. The Balaban J connectivity index is 1.73. The number of alkyl halides is 3. The zero-order valence-electron chi connectivity index (χ0n) is 14.6. The number of aromatic nitrogens is 4. The van der Waals surface area contributed by atoms with E-state index in [-0.39, 0.29) is 25.5 Å². The summed E-state index contributed by atoms with van der Waals surface area (Å²) in [5.74, 6) is 0.646. The lowest BCUT2D eigenvalue weighted by Gasteiger charge is -2.23. The van der Waals surface area contributed by atoms with E-state index in [4.69, 9.17) is 4.74 Å². The molecule has 0 aliphatic rings. The smallest absolute Gasteiger partial charge is 0.378 e. The molecule has 3 aromatic rings. The third kappa shape index (κ3) is 4.92. The first-order valence-corrected chi connectivity index (χ1v) is 8.24. The maximum Gasteiger partial charge on any atom is 0.405 e. The largest absolute Gasteiger partial charge is 0.405 e. The average Bonchev–Trinajstić information content (AvgIpc) is 3.10. The Morgan fingerprint density at radius 2 is 2.00 bits per heavy atom. The van der Waals surface area contributed by atoms with Crippen LogP contribution in [0.2, 0.25) is 0 Å². The van der Waals surface area contributed by atoms with Crippen molar-refractivity contribution in [3.8, 4) is 0 Å². The normalized spacial score (nSPS) is 13.0. The van der Waals surface area contributed by atoms with Crippen LogP contribution in [-0.4, -0.2) is 45.5 Å². The summed E-state index contributed by atoms with van der Waals surface area (Å²) >= 11 is 0. The van der Waals surface area contributed by atoms with Gasteiger partial charge in [-0.25, -0.2) is 4.98 Å². The van der Waals surface area contributed by atoms with Gasteiger partial charge in [0.2, 0.25) is 0 Å². The van der Waals surface area contributed by atoms with E-state index in [9.17, 15) is 13.2 Å². The highest BCUT2D eigenvalue weighted by atomic mass is 19.4. The Labute approximate surface area is 153 Å². The molecule has 0 spiro atoms. The first-order chi connectivity index (χ1) is 13.0. The minimum Gasteiger partial charge on any atom is -0.378 e. The monoisotopic (exact) mass is 380 g/mol. The molecule has 0 radical (unpaired) electrons. The summed E-state index contributed by atoms with van der Waals surface area (Å²) in [6.45, 7) is -0.0502. The molecule has 0 fully saturated rings. The van der Waals surface area contributed by atoms with E-state index in [1.54, 1.807) is 30.3 Å². The van der Waals surface area contributed by atoms with Gasteiger partial charge in [0.05, 0.1) is 12.3 Å². The van der Waals surface area contributed by atoms with E-state index in [2.05, 4.69) is 25.7 Å². The molecule has 2 aromatic heterocycles. The van der Waals surface area contributed by atoms with Crippen LogP contribution in [0.4, 0.5) is 19.0 Å². The first-order valence-electron chi connectivity index (χ1n) is 8.24. The fourth-order valence-electron chi connectivity index (χ4n) is 2.56. The van der Waals surface area contributed by atoms with E-state index < -0.39 is 12.2 Å². The highest BCUT2D eigenvalue weighted by Crippen LogP contribution is 2.21. The van der Waals surface area contributed by atoms with Gasteiger partial charge in [-0.1, -0.05) is 30.3 Å². The molecule has 2 heterocycles. The van der Waals surface area contributed by atoms with Crippen LogP contribution in [0.3, 0.4) is 0 Å². The molecule has 0 amide bonds. The standard InChI is InChI=1S/C17H19F3N6O/c1-27-10-13-7-15(26-16(25-13)23-11-24-26)22-9-14(17(18,19)20)21-8-12-5-3-2-4-6-12/h2-7,11,14,21-22H,8-10H2,1H3. The van der Waals surface area contributed by atoms with Crippen LogP contribution in [0.1, 0.15) is 11.3 Å². The van der Waals surface area contributed by atoms with Crippen LogP contribution in [0, 0.1) is 0 Å². The molecule has 3 rings (SSSR count). The predicted octanol–water partition coefficient (Wildman–Crippen LogP) is 2.40. The quantitative estimate of drug-likeness (QED) is 0.625. The number of nitrogens with one attached hydrogen (secondary N) is 2. The van der Waals surface area contributed by atoms with E-state index >= 15 is 0 Å². The number of hydrogen-bond donors (Lipinski definition) is 2. The van der Waals surface area contributed by atoms with Gasteiger partial charge in [0.25, 0.3) is 5.78 Å². The molecule has 0 aliphatic heterocycles. The predicted molar refractivity (Wildman–Crippen MR) is 93.1 cm³/mol. The summed E-state index contributed by atoms with van der Waals surface area (Å²) in [6.07, 6.45) is -3.12. The molecular formula is C17H19F3N6O. The molecule has 0 saturated heterocycles. The third-order valence-electron chi connectivity index (χ3n) is 3.87. The Morgan fingerprint density at radius 1 is 1.22 bits per heavy atom. The van der Waals surface area contributed by atoms with E-state index in [0.717, 1.165) is 5.56 Å². The first kappa shape index (κ1) is 19.1.